The second kappa shape index (κ2) is 7.09. The van der Waals surface area contributed by atoms with E-state index in [2.05, 4.69) is 15.6 Å². The number of phenolic OH excluding ortho intramolecular Hbond substituents is 1. The summed E-state index contributed by atoms with van der Waals surface area (Å²) < 4.78 is 18.5. The molecule has 0 unspecified atom stereocenters. The van der Waals surface area contributed by atoms with Gasteiger partial charge in [0.2, 0.25) is 0 Å². The van der Waals surface area contributed by atoms with Crippen molar-refractivity contribution in [1.29, 1.82) is 0 Å². The highest BCUT2D eigenvalue weighted by molar-refractivity contribution is 5.79. The van der Waals surface area contributed by atoms with Crippen molar-refractivity contribution in [1.82, 2.24) is 10.6 Å². The Kier molecular flexibility index (Phi) is 5.76. The maximum absolute atomic E-state index is 13.2. The molecular weight excluding hydrogens is 261 g/mol. The Morgan fingerprint density at radius 3 is 2.65 bits per heavy atom. The standard InChI is InChI=1S/C14H22FN3O2/c1-14(2,20-4)9-18-13(16-3)17-8-10-5-6-12(19)11(15)7-10/h5-7,19H,8-9H2,1-4H3,(H2,16,17,18). The number of aliphatic imine (C=N–C) groups is 1. The van der Waals surface area contributed by atoms with Gasteiger partial charge < -0.3 is 20.5 Å². The van der Waals surface area contributed by atoms with Gasteiger partial charge in [0.05, 0.1) is 5.60 Å². The Hall–Kier alpha value is -1.82. The molecule has 0 amide bonds. The summed E-state index contributed by atoms with van der Waals surface area (Å²) in [6.07, 6.45) is 0. The fourth-order valence-corrected chi connectivity index (χ4v) is 1.44. The van der Waals surface area contributed by atoms with Gasteiger partial charge >= 0.3 is 0 Å². The van der Waals surface area contributed by atoms with Gasteiger partial charge in [-0.05, 0) is 31.5 Å². The topological polar surface area (TPSA) is 65.9 Å². The van der Waals surface area contributed by atoms with E-state index in [1.54, 1.807) is 20.2 Å². The number of benzene rings is 1. The largest absolute Gasteiger partial charge is 0.505 e. The molecule has 1 aromatic rings. The fourth-order valence-electron chi connectivity index (χ4n) is 1.44. The summed E-state index contributed by atoms with van der Waals surface area (Å²) in [6, 6.07) is 4.27. The Labute approximate surface area is 118 Å². The number of halogens is 1. The number of guanidine groups is 1. The first-order chi connectivity index (χ1) is 9.38. The van der Waals surface area contributed by atoms with Crippen molar-refractivity contribution in [2.24, 2.45) is 4.99 Å². The molecule has 0 fully saturated rings. The average Bonchev–Trinajstić information content (AvgIpc) is 2.42. The number of methoxy groups -OCH3 is 1. The minimum atomic E-state index is -0.632. The third kappa shape index (κ3) is 5.05. The van der Waals surface area contributed by atoms with E-state index < -0.39 is 5.82 Å². The second-order valence-corrected chi connectivity index (χ2v) is 5.03. The van der Waals surface area contributed by atoms with Crippen LogP contribution >= 0.6 is 0 Å². The van der Waals surface area contributed by atoms with Gasteiger partial charge in [-0.1, -0.05) is 6.07 Å². The van der Waals surface area contributed by atoms with Crippen molar-refractivity contribution in [3.63, 3.8) is 0 Å². The zero-order valence-corrected chi connectivity index (χ0v) is 12.3. The summed E-state index contributed by atoms with van der Waals surface area (Å²) in [5.41, 5.74) is 0.414. The molecule has 0 atom stereocenters. The van der Waals surface area contributed by atoms with Crippen molar-refractivity contribution >= 4 is 5.96 Å². The second-order valence-electron chi connectivity index (χ2n) is 5.03. The summed E-state index contributed by atoms with van der Waals surface area (Å²) >= 11 is 0. The summed E-state index contributed by atoms with van der Waals surface area (Å²) in [6.45, 7) is 4.92. The molecule has 3 N–H and O–H groups in total. The predicted molar refractivity (Wildman–Crippen MR) is 77.4 cm³/mol. The number of rotatable bonds is 5. The van der Waals surface area contributed by atoms with Gasteiger partial charge in [0, 0.05) is 27.2 Å². The van der Waals surface area contributed by atoms with Crippen LogP contribution in [0.15, 0.2) is 23.2 Å². The van der Waals surface area contributed by atoms with Gasteiger partial charge in [-0.25, -0.2) is 4.39 Å². The molecule has 112 valence electrons. The van der Waals surface area contributed by atoms with Crippen molar-refractivity contribution in [2.45, 2.75) is 26.0 Å². The molecule has 0 spiro atoms. The molecule has 1 rings (SSSR count). The average molecular weight is 283 g/mol. The van der Waals surface area contributed by atoms with E-state index in [4.69, 9.17) is 9.84 Å². The zero-order chi connectivity index (χ0) is 15.2. The lowest BCUT2D eigenvalue weighted by Crippen LogP contribution is -2.45. The van der Waals surface area contributed by atoms with Gasteiger partial charge in [-0.15, -0.1) is 0 Å². The lowest BCUT2D eigenvalue weighted by atomic mass is 10.1. The summed E-state index contributed by atoms with van der Waals surface area (Å²) in [7, 11) is 3.31. The molecule has 0 aromatic heterocycles. The zero-order valence-electron chi connectivity index (χ0n) is 12.3. The summed E-state index contributed by atoms with van der Waals surface area (Å²) in [5.74, 6) is -0.380. The minimum absolute atomic E-state index is 0.303. The van der Waals surface area contributed by atoms with Crippen molar-refractivity contribution in [3.8, 4) is 5.75 Å². The highest BCUT2D eigenvalue weighted by atomic mass is 19.1. The Bertz CT molecular complexity index is 475. The van der Waals surface area contributed by atoms with E-state index >= 15 is 0 Å². The van der Waals surface area contributed by atoms with Crippen LogP contribution in [0.3, 0.4) is 0 Å². The van der Waals surface area contributed by atoms with Gasteiger partial charge in [-0.2, -0.15) is 0 Å². The number of hydrogen-bond acceptors (Lipinski definition) is 3. The SMILES string of the molecule is CN=C(NCc1ccc(O)c(F)c1)NCC(C)(C)OC. The Balaban J connectivity index is 2.51. The lowest BCUT2D eigenvalue weighted by Gasteiger charge is -2.24. The summed E-state index contributed by atoms with van der Waals surface area (Å²) in [4.78, 5) is 4.08. The Morgan fingerprint density at radius 1 is 1.40 bits per heavy atom. The van der Waals surface area contributed by atoms with Crippen LogP contribution in [0.5, 0.6) is 5.75 Å². The van der Waals surface area contributed by atoms with E-state index in [9.17, 15) is 4.39 Å². The molecule has 20 heavy (non-hydrogen) atoms. The van der Waals surface area contributed by atoms with Crippen LogP contribution < -0.4 is 10.6 Å². The number of hydrogen-bond donors (Lipinski definition) is 3. The fraction of sp³-hybridized carbons (Fsp3) is 0.500. The first-order valence-electron chi connectivity index (χ1n) is 6.35. The van der Waals surface area contributed by atoms with Crippen LogP contribution in [0, 0.1) is 5.82 Å². The minimum Gasteiger partial charge on any atom is -0.505 e. The third-order valence-corrected chi connectivity index (χ3v) is 2.93. The smallest absolute Gasteiger partial charge is 0.191 e. The van der Waals surface area contributed by atoms with Gasteiger partial charge in [0.1, 0.15) is 0 Å². The predicted octanol–water partition coefficient (Wildman–Crippen LogP) is 1.62. The summed E-state index contributed by atoms with van der Waals surface area (Å²) in [5, 5.41) is 15.3. The van der Waals surface area contributed by atoms with Crippen LogP contribution in [0.1, 0.15) is 19.4 Å². The Morgan fingerprint density at radius 2 is 2.10 bits per heavy atom. The maximum atomic E-state index is 13.2. The van der Waals surface area contributed by atoms with Gasteiger partial charge in [-0.3, -0.25) is 4.99 Å². The van der Waals surface area contributed by atoms with Gasteiger partial charge in [0.15, 0.2) is 17.5 Å². The van der Waals surface area contributed by atoms with Crippen molar-refractivity contribution < 1.29 is 14.2 Å². The molecule has 6 heteroatoms. The van der Waals surface area contributed by atoms with E-state index in [0.29, 0.717) is 24.6 Å². The number of nitrogens with one attached hydrogen (secondary N) is 2. The van der Waals surface area contributed by atoms with Crippen LogP contribution in [-0.4, -0.2) is 37.4 Å². The molecule has 0 saturated heterocycles. The molecule has 0 heterocycles. The highest BCUT2D eigenvalue weighted by Gasteiger charge is 2.16. The number of ether oxygens (including phenoxy) is 1. The number of nitrogens with zero attached hydrogens (tertiary/aromatic N) is 1. The number of aromatic hydroxyl groups is 1. The van der Waals surface area contributed by atoms with E-state index in [0.717, 1.165) is 0 Å². The van der Waals surface area contributed by atoms with E-state index in [-0.39, 0.29) is 11.4 Å². The molecule has 0 radical (unpaired) electrons. The third-order valence-electron chi connectivity index (χ3n) is 2.93. The van der Waals surface area contributed by atoms with Gasteiger partial charge in [0.25, 0.3) is 0 Å². The maximum Gasteiger partial charge on any atom is 0.191 e. The molecule has 0 aliphatic rings. The molecule has 5 nitrogen and oxygen atoms in total. The number of phenols is 1. The molecule has 0 saturated carbocycles. The first-order valence-corrected chi connectivity index (χ1v) is 6.35. The van der Waals surface area contributed by atoms with Crippen LogP contribution in [0.2, 0.25) is 0 Å². The van der Waals surface area contributed by atoms with E-state index in [1.807, 2.05) is 13.8 Å². The molecule has 1 aromatic carbocycles. The van der Waals surface area contributed by atoms with Crippen LogP contribution in [0.25, 0.3) is 0 Å². The lowest BCUT2D eigenvalue weighted by molar-refractivity contribution is 0.0268. The normalized spacial score (nSPS) is 12.3. The van der Waals surface area contributed by atoms with Crippen molar-refractivity contribution in [3.05, 3.63) is 29.6 Å². The monoisotopic (exact) mass is 283 g/mol. The van der Waals surface area contributed by atoms with Crippen molar-refractivity contribution in [2.75, 3.05) is 20.7 Å². The molecule has 0 aliphatic heterocycles. The van der Waals surface area contributed by atoms with E-state index in [1.165, 1.54) is 12.1 Å². The van der Waals surface area contributed by atoms with Crippen LogP contribution in [0.4, 0.5) is 4.39 Å². The highest BCUT2D eigenvalue weighted by Crippen LogP contribution is 2.15. The molecule has 0 aliphatic carbocycles. The first kappa shape index (κ1) is 16.2. The quantitative estimate of drug-likeness (QED) is 0.567. The van der Waals surface area contributed by atoms with Crippen LogP contribution in [-0.2, 0) is 11.3 Å². The molecular formula is C14H22FN3O2. The molecule has 0 bridgehead atoms.